The smallest absolute Gasteiger partial charge is 0.337 e. The van der Waals surface area contributed by atoms with Gasteiger partial charge in [0, 0.05) is 18.7 Å². The molecule has 2 aromatic heterocycles. The van der Waals surface area contributed by atoms with Crippen molar-refractivity contribution in [1.29, 1.82) is 0 Å². The molecule has 1 saturated heterocycles. The number of nitrogens with zero attached hydrogens (tertiary/aromatic N) is 3. The Morgan fingerprint density at radius 1 is 1.15 bits per heavy atom. The molecule has 0 N–H and O–H groups in total. The minimum Gasteiger partial charge on any atom is -0.465 e. The normalized spacial score (nSPS) is 14.1. The summed E-state index contributed by atoms with van der Waals surface area (Å²) in [6.07, 6.45) is 1.54. The predicted molar refractivity (Wildman–Crippen MR) is 88.4 cm³/mol. The van der Waals surface area contributed by atoms with Crippen molar-refractivity contribution in [2.45, 2.75) is 5.92 Å². The first-order valence-corrected chi connectivity index (χ1v) is 8.01. The molecule has 1 aromatic carbocycles. The zero-order valence-corrected chi connectivity index (χ0v) is 13.9. The third-order valence-electron chi connectivity index (χ3n) is 4.25. The molecular weight excluding hydrogens is 338 g/mol. The summed E-state index contributed by atoms with van der Waals surface area (Å²) >= 11 is 0. The number of benzene rings is 1. The van der Waals surface area contributed by atoms with Crippen LogP contribution in [0.4, 0.5) is 0 Å². The van der Waals surface area contributed by atoms with Crippen molar-refractivity contribution >= 4 is 11.9 Å². The van der Waals surface area contributed by atoms with Crippen LogP contribution in [-0.4, -0.2) is 47.1 Å². The second kappa shape index (κ2) is 6.47. The van der Waals surface area contributed by atoms with E-state index in [1.807, 2.05) is 0 Å². The quantitative estimate of drug-likeness (QED) is 0.664. The molecule has 3 heterocycles. The van der Waals surface area contributed by atoms with Gasteiger partial charge in [-0.2, -0.15) is 4.98 Å². The standard InChI is InChI=1S/C18H15N3O5/c1-24-18(23)12-6-4-11(5-7-12)17(22)21-9-13(10-21)16-19-15(20-26-16)14-3-2-8-25-14/h2-8,13H,9-10H2,1H3. The fraction of sp³-hybridized carbons (Fsp3) is 0.222. The second-order valence-electron chi connectivity index (χ2n) is 5.91. The van der Waals surface area contributed by atoms with Crippen molar-refractivity contribution in [3.8, 4) is 11.6 Å². The van der Waals surface area contributed by atoms with Gasteiger partial charge in [-0.3, -0.25) is 4.79 Å². The van der Waals surface area contributed by atoms with E-state index in [0.29, 0.717) is 41.7 Å². The van der Waals surface area contributed by atoms with Crippen LogP contribution in [0.1, 0.15) is 32.5 Å². The van der Waals surface area contributed by atoms with Gasteiger partial charge in [0.25, 0.3) is 5.91 Å². The van der Waals surface area contributed by atoms with Gasteiger partial charge >= 0.3 is 5.97 Å². The maximum absolute atomic E-state index is 12.5. The summed E-state index contributed by atoms with van der Waals surface area (Å²) in [6.45, 7) is 0.995. The molecule has 0 unspecified atom stereocenters. The van der Waals surface area contributed by atoms with Crippen LogP contribution in [0.25, 0.3) is 11.6 Å². The number of aromatic nitrogens is 2. The lowest BCUT2D eigenvalue weighted by Gasteiger charge is -2.37. The van der Waals surface area contributed by atoms with E-state index in [1.165, 1.54) is 7.11 Å². The van der Waals surface area contributed by atoms with Crippen LogP contribution in [0, 0.1) is 0 Å². The molecule has 0 atom stereocenters. The summed E-state index contributed by atoms with van der Waals surface area (Å²) in [7, 11) is 1.32. The highest BCUT2D eigenvalue weighted by molar-refractivity contribution is 5.96. The highest BCUT2D eigenvalue weighted by Crippen LogP contribution is 2.29. The van der Waals surface area contributed by atoms with E-state index in [-0.39, 0.29) is 11.8 Å². The van der Waals surface area contributed by atoms with Gasteiger partial charge in [-0.25, -0.2) is 4.79 Å². The van der Waals surface area contributed by atoms with Crippen LogP contribution in [0.15, 0.2) is 51.6 Å². The van der Waals surface area contributed by atoms with Crippen LogP contribution in [0.5, 0.6) is 0 Å². The van der Waals surface area contributed by atoms with E-state index in [0.717, 1.165) is 0 Å². The third kappa shape index (κ3) is 2.85. The summed E-state index contributed by atoms with van der Waals surface area (Å²) in [5, 5.41) is 3.90. The summed E-state index contributed by atoms with van der Waals surface area (Å²) in [6, 6.07) is 9.88. The highest BCUT2D eigenvalue weighted by Gasteiger charge is 2.36. The van der Waals surface area contributed by atoms with E-state index in [1.54, 1.807) is 47.6 Å². The molecule has 1 aliphatic rings. The van der Waals surface area contributed by atoms with Gasteiger partial charge in [0.1, 0.15) is 0 Å². The monoisotopic (exact) mass is 353 g/mol. The fourth-order valence-corrected chi connectivity index (χ4v) is 2.76. The Bertz CT molecular complexity index is 924. The molecule has 1 fully saturated rings. The van der Waals surface area contributed by atoms with Gasteiger partial charge in [-0.15, -0.1) is 0 Å². The Balaban J connectivity index is 1.38. The lowest BCUT2D eigenvalue weighted by Crippen LogP contribution is -2.48. The number of furan rings is 1. The molecule has 1 amide bonds. The number of carbonyl (C=O) groups excluding carboxylic acids is 2. The Labute approximate surface area is 148 Å². The van der Waals surface area contributed by atoms with Gasteiger partial charge in [0.15, 0.2) is 5.76 Å². The van der Waals surface area contributed by atoms with Crippen molar-refractivity contribution < 1.29 is 23.3 Å². The molecule has 26 heavy (non-hydrogen) atoms. The predicted octanol–water partition coefficient (Wildman–Crippen LogP) is 2.36. The molecule has 8 nitrogen and oxygen atoms in total. The zero-order valence-electron chi connectivity index (χ0n) is 13.9. The number of carbonyl (C=O) groups is 2. The minimum absolute atomic E-state index is 0.00417. The van der Waals surface area contributed by atoms with E-state index >= 15 is 0 Å². The van der Waals surface area contributed by atoms with Gasteiger partial charge in [-0.05, 0) is 36.4 Å². The summed E-state index contributed by atoms with van der Waals surface area (Å²) in [5.41, 5.74) is 0.916. The van der Waals surface area contributed by atoms with Crippen molar-refractivity contribution in [1.82, 2.24) is 15.0 Å². The highest BCUT2D eigenvalue weighted by atomic mass is 16.5. The van der Waals surface area contributed by atoms with Crippen molar-refractivity contribution in [3.63, 3.8) is 0 Å². The first kappa shape index (κ1) is 16.1. The molecule has 0 bridgehead atoms. The van der Waals surface area contributed by atoms with E-state index < -0.39 is 5.97 Å². The maximum Gasteiger partial charge on any atom is 0.337 e. The molecule has 3 aromatic rings. The molecular formula is C18H15N3O5. The number of esters is 1. The van der Waals surface area contributed by atoms with Gasteiger partial charge in [0.2, 0.25) is 11.7 Å². The van der Waals surface area contributed by atoms with Crippen molar-refractivity contribution in [3.05, 3.63) is 59.7 Å². The number of hydrogen-bond acceptors (Lipinski definition) is 7. The van der Waals surface area contributed by atoms with Gasteiger partial charge < -0.3 is 18.6 Å². The van der Waals surface area contributed by atoms with E-state index in [4.69, 9.17) is 8.94 Å². The SMILES string of the molecule is COC(=O)c1ccc(C(=O)N2CC(c3nc(-c4ccco4)no3)C2)cc1. The van der Waals surface area contributed by atoms with Crippen LogP contribution >= 0.6 is 0 Å². The number of likely N-dealkylation sites (tertiary alicyclic amines) is 1. The molecule has 8 heteroatoms. The van der Waals surface area contributed by atoms with Gasteiger partial charge in [-0.1, -0.05) is 5.16 Å². The van der Waals surface area contributed by atoms with E-state index in [9.17, 15) is 9.59 Å². The lowest BCUT2D eigenvalue weighted by molar-refractivity contribution is 0.0564. The topological polar surface area (TPSA) is 98.7 Å². The Morgan fingerprint density at radius 3 is 2.54 bits per heavy atom. The average molecular weight is 353 g/mol. The number of hydrogen-bond donors (Lipinski definition) is 0. The summed E-state index contributed by atoms with van der Waals surface area (Å²) < 4.78 is 15.1. The lowest BCUT2D eigenvalue weighted by atomic mass is 9.98. The number of amides is 1. The molecule has 1 aliphatic heterocycles. The fourth-order valence-electron chi connectivity index (χ4n) is 2.76. The molecule has 0 radical (unpaired) electrons. The molecule has 0 saturated carbocycles. The van der Waals surface area contributed by atoms with Crippen LogP contribution in [0.3, 0.4) is 0 Å². The number of ether oxygens (including phenoxy) is 1. The van der Waals surface area contributed by atoms with Gasteiger partial charge in [0.05, 0.1) is 24.9 Å². The Hall–Kier alpha value is -3.42. The van der Waals surface area contributed by atoms with Crippen molar-refractivity contribution in [2.24, 2.45) is 0 Å². The molecule has 0 spiro atoms. The summed E-state index contributed by atoms with van der Waals surface area (Å²) in [5.74, 6) is 0.886. The first-order chi connectivity index (χ1) is 12.7. The molecule has 4 rings (SSSR count). The Morgan fingerprint density at radius 2 is 1.88 bits per heavy atom. The molecule has 132 valence electrons. The second-order valence-corrected chi connectivity index (χ2v) is 5.91. The summed E-state index contributed by atoms with van der Waals surface area (Å²) in [4.78, 5) is 29.9. The van der Waals surface area contributed by atoms with Crippen LogP contribution in [0.2, 0.25) is 0 Å². The maximum atomic E-state index is 12.5. The zero-order chi connectivity index (χ0) is 18.1. The Kier molecular flexibility index (Phi) is 4.00. The molecule has 0 aliphatic carbocycles. The average Bonchev–Trinajstić information content (AvgIpc) is 3.31. The van der Waals surface area contributed by atoms with Crippen molar-refractivity contribution in [2.75, 3.05) is 20.2 Å². The van der Waals surface area contributed by atoms with E-state index in [2.05, 4.69) is 14.9 Å². The minimum atomic E-state index is -0.434. The van der Waals surface area contributed by atoms with Crippen LogP contribution in [-0.2, 0) is 4.74 Å². The first-order valence-electron chi connectivity index (χ1n) is 8.01. The number of rotatable bonds is 4. The van der Waals surface area contributed by atoms with Crippen LogP contribution < -0.4 is 0 Å². The number of methoxy groups -OCH3 is 1. The third-order valence-corrected chi connectivity index (χ3v) is 4.25. The largest absolute Gasteiger partial charge is 0.465 e.